The van der Waals surface area contributed by atoms with E-state index in [0.29, 0.717) is 0 Å². The van der Waals surface area contributed by atoms with Gasteiger partial charge in [0.2, 0.25) is 0 Å². The van der Waals surface area contributed by atoms with Crippen molar-refractivity contribution in [2.45, 2.75) is 45.1 Å². The summed E-state index contributed by atoms with van der Waals surface area (Å²) in [5.74, 6) is 0.862. The standard InChI is InChI=1S/C17H28N2/c1-15-9-6-7-12-17(15)18-13-8-14-19(2)16-10-4-3-5-11-16/h3-5,10-11,15,17-18H,6-9,12-14H2,1-2H3. The summed E-state index contributed by atoms with van der Waals surface area (Å²) in [6.45, 7) is 4.66. The number of rotatable bonds is 6. The molecule has 0 aliphatic heterocycles. The zero-order valence-corrected chi connectivity index (χ0v) is 12.4. The van der Waals surface area contributed by atoms with Crippen LogP contribution >= 0.6 is 0 Å². The Kier molecular flexibility index (Phi) is 5.71. The van der Waals surface area contributed by atoms with E-state index in [2.05, 4.69) is 54.5 Å². The Morgan fingerprint density at radius 2 is 1.89 bits per heavy atom. The van der Waals surface area contributed by atoms with Crippen LogP contribution in [-0.4, -0.2) is 26.2 Å². The molecule has 2 rings (SSSR count). The minimum absolute atomic E-state index is 0.760. The maximum absolute atomic E-state index is 3.75. The van der Waals surface area contributed by atoms with Crippen molar-refractivity contribution < 1.29 is 0 Å². The smallest absolute Gasteiger partial charge is 0.0363 e. The van der Waals surface area contributed by atoms with Crippen LogP contribution in [0.15, 0.2) is 30.3 Å². The van der Waals surface area contributed by atoms with E-state index in [4.69, 9.17) is 0 Å². The predicted molar refractivity (Wildman–Crippen MR) is 83.8 cm³/mol. The van der Waals surface area contributed by atoms with Gasteiger partial charge in [0.1, 0.15) is 0 Å². The number of hydrogen-bond acceptors (Lipinski definition) is 2. The topological polar surface area (TPSA) is 15.3 Å². The molecule has 1 N–H and O–H groups in total. The van der Waals surface area contributed by atoms with Crippen LogP contribution < -0.4 is 10.2 Å². The number of nitrogens with one attached hydrogen (secondary N) is 1. The summed E-state index contributed by atoms with van der Waals surface area (Å²) >= 11 is 0. The minimum Gasteiger partial charge on any atom is -0.375 e. The van der Waals surface area contributed by atoms with Gasteiger partial charge in [-0.3, -0.25) is 0 Å². The van der Waals surface area contributed by atoms with Crippen molar-refractivity contribution >= 4 is 5.69 Å². The summed E-state index contributed by atoms with van der Waals surface area (Å²) < 4.78 is 0. The molecule has 1 aliphatic rings. The molecular weight excluding hydrogens is 232 g/mol. The Morgan fingerprint density at radius 3 is 2.63 bits per heavy atom. The van der Waals surface area contributed by atoms with E-state index >= 15 is 0 Å². The molecule has 1 aromatic rings. The fourth-order valence-electron chi connectivity index (χ4n) is 3.03. The first-order valence-corrected chi connectivity index (χ1v) is 7.77. The van der Waals surface area contributed by atoms with Crippen molar-refractivity contribution in [3.05, 3.63) is 30.3 Å². The molecule has 0 radical (unpaired) electrons. The third-order valence-electron chi connectivity index (χ3n) is 4.39. The SMILES string of the molecule is CC1CCCCC1NCCCN(C)c1ccccc1. The molecular formula is C17H28N2. The fourth-order valence-corrected chi connectivity index (χ4v) is 3.03. The van der Waals surface area contributed by atoms with Crippen molar-refractivity contribution in [1.29, 1.82) is 0 Å². The first kappa shape index (κ1) is 14.4. The Bertz CT molecular complexity index is 350. The third kappa shape index (κ3) is 4.54. The zero-order chi connectivity index (χ0) is 13.5. The molecule has 19 heavy (non-hydrogen) atoms. The Labute approximate surface area is 118 Å². The molecule has 1 aromatic carbocycles. The fraction of sp³-hybridized carbons (Fsp3) is 0.647. The zero-order valence-electron chi connectivity index (χ0n) is 12.4. The minimum atomic E-state index is 0.760. The summed E-state index contributed by atoms with van der Waals surface area (Å²) in [6, 6.07) is 11.4. The van der Waals surface area contributed by atoms with Crippen molar-refractivity contribution in [3.63, 3.8) is 0 Å². The Morgan fingerprint density at radius 1 is 1.16 bits per heavy atom. The molecule has 0 bridgehead atoms. The molecule has 1 saturated carbocycles. The number of hydrogen-bond donors (Lipinski definition) is 1. The maximum atomic E-state index is 3.75. The summed E-state index contributed by atoms with van der Waals surface area (Å²) in [7, 11) is 2.18. The highest BCUT2D eigenvalue weighted by Gasteiger charge is 2.19. The summed E-state index contributed by atoms with van der Waals surface area (Å²) in [5.41, 5.74) is 1.31. The summed E-state index contributed by atoms with van der Waals surface area (Å²) in [5, 5.41) is 3.75. The van der Waals surface area contributed by atoms with E-state index < -0.39 is 0 Å². The van der Waals surface area contributed by atoms with Gasteiger partial charge in [0, 0.05) is 25.3 Å². The van der Waals surface area contributed by atoms with E-state index in [9.17, 15) is 0 Å². The molecule has 2 nitrogen and oxygen atoms in total. The summed E-state index contributed by atoms with van der Waals surface area (Å²) in [4.78, 5) is 2.34. The highest BCUT2D eigenvalue weighted by molar-refractivity contribution is 5.44. The molecule has 1 fully saturated rings. The van der Waals surface area contributed by atoms with Gasteiger partial charge < -0.3 is 10.2 Å². The molecule has 106 valence electrons. The largest absolute Gasteiger partial charge is 0.375 e. The van der Waals surface area contributed by atoms with Crippen molar-refractivity contribution in [1.82, 2.24) is 5.32 Å². The molecule has 2 atom stereocenters. The second-order valence-electron chi connectivity index (χ2n) is 5.93. The molecule has 0 saturated heterocycles. The van der Waals surface area contributed by atoms with E-state index in [-0.39, 0.29) is 0 Å². The van der Waals surface area contributed by atoms with E-state index in [1.165, 1.54) is 37.8 Å². The molecule has 0 spiro atoms. The number of para-hydroxylation sites is 1. The van der Waals surface area contributed by atoms with Gasteiger partial charge in [-0.2, -0.15) is 0 Å². The second-order valence-corrected chi connectivity index (χ2v) is 5.93. The van der Waals surface area contributed by atoms with Crippen LogP contribution in [0.5, 0.6) is 0 Å². The Balaban J connectivity index is 1.64. The van der Waals surface area contributed by atoms with Gasteiger partial charge in [0.15, 0.2) is 0 Å². The molecule has 0 heterocycles. The number of nitrogens with zero attached hydrogens (tertiary/aromatic N) is 1. The second kappa shape index (κ2) is 7.54. The van der Waals surface area contributed by atoms with Crippen LogP contribution in [0, 0.1) is 5.92 Å². The van der Waals surface area contributed by atoms with Gasteiger partial charge >= 0.3 is 0 Å². The van der Waals surface area contributed by atoms with Gasteiger partial charge in [-0.1, -0.05) is 38.0 Å². The van der Waals surface area contributed by atoms with Gasteiger partial charge in [0.25, 0.3) is 0 Å². The van der Waals surface area contributed by atoms with Gasteiger partial charge in [-0.25, -0.2) is 0 Å². The van der Waals surface area contributed by atoms with Gasteiger partial charge in [-0.05, 0) is 43.9 Å². The van der Waals surface area contributed by atoms with Crippen molar-refractivity contribution in [3.8, 4) is 0 Å². The van der Waals surface area contributed by atoms with Crippen LogP contribution in [0.4, 0.5) is 5.69 Å². The average Bonchev–Trinajstić information content (AvgIpc) is 2.46. The molecule has 0 aromatic heterocycles. The van der Waals surface area contributed by atoms with Gasteiger partial charge in [0.05, 0.1) is 0 Å². The van der Waals surface area contributed by atoms with Crippen LogP contribution in [0.2, 0.25) is 0 Å². The highest BCUT2D eigenvalue weighted by atomic mass is 15.1. The molecule has 2 heteroatoms. The lowest BCUT2D eigenvalue weighted by atomic mass is 9.86. The summed E-state index contributed by atoms with van der Waals surface area (Å²) in [6.07, 6.45) is 6.83. The van der Waals surface area contributed by atoms with Crippen molar-refractivity contribution in [2.75, 3.05) is 25.0 Å². The molecule has 1 aliphatic carbocycles. The van der Waals surface area contributed by atoms with E-state index in [0.717, 1.165) is 25.0 Å². The highest BCUT2D eigenvalue weighted by Crippen LogP contribution is 2.23. The first-order valence-electron chi connectivity index (χ1n) is 7.77. The number of benzene rings is 1. The Hall–Kier alpha value is -1.02. The molecule has 2 unspecified atom stereocenters. The van der Waals surface area contributed by atoms with Crippen LogP contribution in [0.1, 0.15) is 39.0 Å². The van der Waals surface area contributed by atoms with Crippen LogP contribution in [0.3, 0.4) is 0 Å². The van der Waals surface area contributed by atoms with E-state index in [1.54, 1.807) is 0 Å². The maximum Gasteiger partial charge on any atom is 0.0363 e. The predicted octanol–water partition coefficient (Wildman–Crippen LogP) is 3.68. The monoisotopic (exact) mass is 260 g/mol. The van der Waals surface area contributed by atoms with E-state index in [1.807, 2.05) is 0 Å². The quantitative estimate of drug-likeness (QED) is 0.785. The lowest BCUT2D eigenvalue weighted by molar-refractivity contribution is 0.281. The number of anilines is 1. The van der Waals surface area contributed by atoms with Crippen molar-refractivity contribution in [2.24, 2.45) is 5.92 Å². The average molecular weight is 260 g/mol. The lowest BCUT2D eigenvalue weighted by Crippen LogP contribution is -2.38. The third-order valence-corrected chi connectivity index (χ3v) is 4.39. The first-order chi connectivity index (χ1) is 9.27. The lowest BCUT2D eigenvalue weighted by Gasteiger charge is -2.30. The van der Waals surface area contributed by atoms with Crippen LogP contribution in [-0.2, 0) is 0 Å². The molecule has 0 amide bonds. The van der Waals surface area contributed by atoms with Gasteiger partial charge in [-0.15, -0.1) is 0 Å². The normalized spacial score (nSPS) is 23.3. The van der Waals surface area contributed by atoms with Crippen LogP contribution in [0.25, 0.3) is 0 Å².